The second-order valence-corrected chi connectivity index (χ2v) is 40.9. The number of ether oxygens (including phenoxy) is 9. The summed E-state index contributed by atoms with van der Waals surface area (Å²) in [6.45, 7) is 51.5. The van der Waals surface area contributed by atoms with Crippen LogP contribution in [0.3, 0.4) is 0 Å². The van der Waals surface area contributed by atoms with Gasteiger partial charge in [0.15, 0.2) is 18.9 Å². The average Bonchev–Trinajstić information content (AvgIpc) is 1.59. The first-order valence-corrected chi connectivity index (χ1v) is 45.9. The van der Waals surface area contributed by atoms with E-state index in [1.165, 1.54) is 13.8 Å². The molecule has 0 amide bonds. The van der Waals surface area contributed by atoms with Gasteiger partial charge in [-0.1, -0.05) is 97.4 Å². The molecule has 6 rings (SSSR count). The van der Waals surface area contributed by atoms with Crippen molar-refractivity contribution in [1.82, 2.24) is 29.8 Å². The van der Waals surface area contributed by atoms with Crippen LogP contribution in [0.15, 0.2) is 0 Å². The van der Waals surface area contributed by atoms with Gasteiger partial charge in [-0.05, 0) is 227 Å². The Morgan fingerprint density at radius 1 is 0.402 bits per heavy atom. The van der Waals surface area contributed by atoms with Crippen LogP contribution in [-0.2, 0) is 57.0 Å². The van der Waals surface area contributed by atoms with Crippen LogP contribution in [0, 0.1) is 76.9 Å². The normalized spacial score (nSPS) is 47.9. The highest BCUT2D eigenvalue weighted by molar-refractivity contribution is 5.74. The number of hydrogen-bond acceptors (Lipinski definition) is 29. The second-order valence-electron chi connectivity index (χ2n) is 40.9. The summed E-state index contributed by atoms with van der Waals surface area (Å²) in [5, 5.41) is 129. The van der Waals surface area contributed by atoms with Crippen molar-refractivity contribution in [2.24, 2.45) is 76.9 Å². The number of nitrogens with one attached hydrogen (secondary N) is 1. The molecule has 0 saturated carbocycles. The topological polar surface area (TPSA) is 385 Å². The van der Waals surface area contributed by atoms with Gasteiger partial charge in [0, 0.05) is 98.8 Å². The first kappa shape index (κ1) is 114. The number of esters is 3. The van der Waals surface area contributed by atoms with Crippen LogP contribution in [0.5, 0.6) is 0 Å². The van der Waals surface area contributed by atoms with E-state index in [1.54, 1.807) is 69.2 Å². The van der Waals surface area contributed by atoms with Gasteiger partial charge in [0.05, 0.1) is 95.6 Å². The fourth-order valence-electron chi connectivity index (χ4n) is 20.7. The van der Waals surface area contributed by atoms with E-state index in [9.17, 15) is 70.6 Å². The predicted molar refractivity (Wildman–Crippen MR) is 475 cm³/mol. The van der Waals surface area contributed by atoms with Crippen molar-refractivity contribution in [3.8, 4) is 0 Å². The third kappa shape index (κ3) is 29.0. The molecule has 0 aromatic rings. The second kappa shape index (κ2) is 48.1. The van der Waals surface area contributed by atoms with Gasteiger partial charge in [-0.2, -0.15) is 0 Å². The number of carbonyl (C=O) groups is 3. The van der Waals surface area contributed by atoms with Crippen molar-refractivity contribution in [3.63, 3.8) is 0 Å². The Hall–Kier alpha value is -2.51. The highest BCUT2D eigenvalue weighted by Gasteiger charge is 2.54. The lowest BCUT2D eigenvalue weighted by Gasteiger charge is -2.45. The lowest BCUT2D eigenvalue weighted by Crippen LogP contribution is -2.59. The van der Waals surface area contributed by atoms with Gasteiger partial charge in [-0.15, -0.1) is 0 Å². The van der Waals surface area contributed by atoms with E-state index in [-0.39, 0.29) is 98.3 Å². The van der Waals surface area contributed by atoms with E-state index in [0.717, 1.165) is 0 Å². The molecule has 6 saturated heterocycles. The third-order valence-electron chi connectivity index (χ3n) is 29.8. The van der Waals surface area contributed by atoms with Gasteiger partial charge in [0.2, 0.25) is 0 Å². The zero-order chi connectivity index (χ0) is 93.0. The molecule has 12 N–H and O–H groups in total. The number of likely N-dealkylation sites (N-methyl/N-ethyl adjacent to an activating group) is 3. The van der Waals surface area contributed by atoms with Gasteiger partial charge >= 0.3 is 17.9 Å². The molecule has 6 aliphatic heterocycles. The van der Waals surface area contributed by atoms with Crippen molar-refractivity contribution in [3.05, 3.63) is 0 Å². The molecule has 722 valence electrons. The number of aliphatic hydroxyl groups excluding tert-OH is 6. The molecule has 29 nitrogen and oxygen atoms in total. The maximum Gasteiger partial charge on any atom is 0.311 e. The molecule has 0 aromatic heterocycles. The monoisotopic (exact) mass is 1750 g/mol. The van der Waals surface area contributed by atoms with Crippen LogP contribution < -0.4 is 5.32 Å². The van der Waals surface area contributed by atoms with Gasteiger partial charge in [0.1, 0.15) is 41.7 Å². The van der Waals surface area contributed by atoms with Crippen LogP contribution in [-0.4, -0.2) is 349 Å². The summed E-state index contributed by atoms with van der Waals surface area (Å²) in [6, 6.07) is -0.556. The fraction of sp³-hybridized carbons (Fsp3) is 0.968. The smallest absolute Gasteiger partial charge is 0.311 e. The summed E-state index contributed by atoms with van der Waals surface area (Å²) in [6.07, 6.45) is -9.86. The summed E-state index contributed by atoms with van der Waals surface area (Å²) in [4.78, 5) is 51.2. The molecule has 0 aromatic carbocycles. The van der Waals surface area contributed by atoms with Crippen LogP contribution in [0.2, 0.25) is 0 Å². The van der Waals surface area contributed by atoms with Crippen LogP contribution in [0.4, 0.5) is 0 Å². The molecule has 0 radical (unpaired) electrons. The number of cyclic esters (lactones) is 3. The van der Waals surface area contributed by atoms with E-state index in [4.69, 9.17) is 42.6 Å². The molecule has 29 heteroatoms. The lowest BCUT2D eigenvalue weighted by molar-refractivity contribution is -0.260. The molecule has 10 unspecified atom stereocenters. The SMILES string of the molecule is C.CC[C@H]1OC(=O)[C@H](C)[C@@H](OC2CC(N(C)C)C(C)C(C)O2)[C@H](C)[C@@H](O)[C@](C)(O)C[C@@H](C)CN(C)[C@H](C)[C@@H](O)[C@H]1C.CC[C@H]1OC(=O)[C@H](C)[C@@H](OC2CC(N(C)C)C(C)C(C)O2)[C@H](C)[C@@H](O)[C@](C)(O)C[C@@H](C)CN(C)[C@H](C)[C@@H](O)[C@]1(C)O.CC[C@H]1OC(=O)[C@H](C)[C@@H](O[C@H]2CC(NC)[C@H](C)C(C)O2)[C@H](C)[C@@H](O)[C@](C)(O)C[C@@H](C)CN(C)[C@H](C)[C@@H](O)[C@]1(C)O. The molecule has 6 heterocycles. The highest BCUT2D eigenvalue weighted by atomic mass is 16.7. The molecule has 0 bridgehead atoms. The average molecular weight is 1750 g/mol. The van der Waals surface area contributed by atoms with Crippen molar-refractivity contribution in [2.75, 3.05) is 76.0 Å². The first-order valence-electron chi connectivity index (χ1n) is 45.9. The summed E-state index contributed by atoms with van der Waals surface area (Å²) in [5.74, 6) is -5.58. The maximum absolute atomic E-state index is 13.7. The minimum absolute atomic E-state index is 0. The first-order chi connectivity index (χ1) is 55.6. The minimum Gasteiger partial charge on any atom is -0.462 e. The lowest BCUT2D eigenvalue weighted by atomic mass is 9.78. The Bertz CT molecular complexity index is 3060. The van der Waals surface area contributed by atoms with E-state index in [1.807, 2.05) is 149 Å². The van der Waals surface area contributed by atoms with Gasteiger partial charge < -0.3 is 129 Å². The van der Waals surface area contributed by atoms with E-state index in [0.29, 0.717) is 70.5 Å². The zero-order valence-corrected chi connectivity index (χ0v) is 81.4. The van der Waals surface area contributed by atoms with Gasteiger partial charge in [0.25, 0.3) is 0 Å². The Morgan fingerprint density at radius 2 is 0.680 bits per heavy atom. The van der Waals surface area contributed by atoms with E-state index < -0.39 is 186 Å². The quantitative estimate of drug-likeness (QED) is 0.0651. The number of nitrogens with zero attached hydrogens (tertiary/aromatic N) is 5. The van der Waals surface area contributed by atoms with Crippen LogP contribution in [0.25, 0.3) is 0 Å². The zero-order valence-electron chi connectivity index (χ0n) is 81.4. The predicted octanol–water partition coefficient (Wildman–Crippen LogP) is 7.93. The summed E-state index contributed by atoms with van der Waals surface area (Å²) >= 11 is 0. The van der Waals surface area contributed by atoms with Crippen molar-refractivity contribution >= 4 is 17.9 Å². The molecular weight excluding hydrogens is 1570 g/mol. The summed E-state index contributed by atoms with van der Waals surface area (Å²) in [7, 11) is 15.7. The highest BCUT2D eigenvalue weighted by Crippen LogP contribution is 2.42. The van der Waals surface area contributed by atoms with Crippen molar-refractivity contribution in [1.29, 1.82) is 0 Å². The maximum atomic E-state index is 13.7. The molecule has 0 spiro atoms. The van der Waals surface area contributed by atoms with Crippen molar-refractivity contribution in [2.45, 2.75) is 427 Å². The Labute approximate surface area is 737 Å². The summed E-state index contributed by atoms with van der Waals surface area (Å²) < 4.78 is 56.0. The fourth-order valence-corrected chi connectivity index (χ4v) is 20.7. The van der Waals surface area contributed by atoms with Gasteiger partial charge in [-0.25, -0.2) is 0 Å². The van der Waals surface area contributed by atoms with E-state index in [2.05, 4.69) is 40.8 Å². The van der Waals surface area contributed by atoms with Gasteiger partial charge in [-0.3, -0.25) is 14.4 Å². The number of carbonyl (C=O) groups excluding carboxylic acids is 3. The molecule has 6 fully saturated rings. The Morgan fingerprint density at radius 3 is 0.959 bits per heavy atom. The van der Waals surface area contributed by atoms with Crippen LogP contribution >= 0.6 is 0 Å². The number of aliphatic hydroxyl groups is 11. The largest absolute Gasteiger partial charge is 0.462 e. The van der Waals surface area contributed by atoms with E-state index >= 15 is 0 Å². The molecule has 42 atom stereocenters. The number of rotatable bonds is 12. The molecule has 6 aliphatic rings. The molecular formula is C93H182N6O23. The summed E-state index contributed by atoms with van der Waals surface area (Å²) in [5.41, 5.74) is -7.82. The number of hydrogen-bond donors (Lipinski definition) is 12. The third-order valence-corrected chi connectivity index (χ3v) is 29.8. The molecule has 0 aliphatic carbocycles. The minimum atomic E-state index is -1.72. The Kier molecular flexibility index (Phi) is 44.8. The Balaban J connectivity index is 0.000000471. The van der Waals surface area contributed by atoms with Crippen LogP contribution in [0.1, 0.15) is 252 Å². The molecule has 122 heavy (non-hydrogen) atoms. The van der Waals surface area contributed by atoms with Crippen molar-refractivity contribution < 1.29 is 113 Å². The standard InChI is InChI=1S/C31H60N2O8.C31H60N2O7.C30H58N2O8.CH4/c1-13-24-31(9,38)28(35)21(6)33(12)16-17(2)15-30(8,37)27(34)19(4)26(20(5)29(36)40-24)41-25-14-23(32(10)11)18(3)22(7)39-25;1-13-25-19(4)27(34)22(7)33(12)16-17(2)15-31(9,37)29(35)20(5)28(21(6)30(36)39-25)40-26-14-24(32(10)11)18(3)23(8)38-26;1-12-23-30(9,37)27(34)20(6)32(11)15-16(2)14-29(8,36)26(33)18(4)25(19(5)28(35)39-23)40-24-13-22(31-10)17(3)21(7)38-24;/h17-28,34-35,37-38H,13-16H2,1-12H3;17-29,34-35,37H,13-16H2,1-12H3;16-27,31,33-34,36-37H,12-15H2,1-11H3;1H4/t17-,18?,19+,20-,21-,22?,23?,24-,25?,26+,27-,28-,30-,31-;17-,18?,19+,20+,21-,22-,23?,24?,25-,26?,27+,28+,29-,31-;16-,17-,18+,19-,20-,21?,22?,23-,24+,25+,26-,27-,29-,30-;/m111./s1.